The van der Waals surface area contributed by atoms with Crippen molar-refractivity contribution in [2.75, 3.05) is 20.0 Å². The minimum Gasteiger partial charge on any atom is -0.493 e. The smallest absolute Gasteiger partial charge is 0.248 e. The number of halogens is 2. The number of benzene rings is 2. The predicted molar refractivity (Wildman–Crippen MR) is 107 cm³/mol. The zero-order valence-electron chi connectivity index (χ0n) is 14.7. The van der Waals surface area contributed by atoms with E-state index in [0.717, 1.165) is 5.56 Å². The van der Waals surface area contributed by atoms with E-state index in [1.807, 2.05) is 0 Å². The standard InChI is InChI=1S/C18H18Cl2N2O4S/c1-25-14-6-3-11(7-15(14)26-2)8-17(23)21-22-18(24)10-27-16-9-12(19)4-5-13(16)20/h3-7,9H,8,10H2,1-2H3,(H,21,23)(H,22,24). The second-order valence-corrected chi connectivity index (χ2v) is 7.19. The van der Waals surface area contributed by atoms with Crippen LogP contribution in [0.25, 0.3) is 0 Å². The molecule has 0 saturated carbocycles. The molecule has 0 aromatic heterocycles. The first-order chi connectivity index (χ1) is 12.9. The molecule has 2 rings (SSSR count). The molecule has 0 aliphatic heterocycles. The van der Waals surface area contributed by atoms with Crippen molar-refractivity contribution in [1.82, 2.24) is 10.9 Å². The van der Waals surface area contributed by atoms with Crippen LogP contribution in [0.4, 0.5) is 0 Å². The number of methoxy groups -OCH3 is 2. The van der Waals surface area contributed by atoms with E-state index < -0.39 is 0 Å². The van der Waals surface area contributed by atoms with Crippen molar-refractivity contribution in [1.29, 1.82) is 0 Å². The van der Waals surface area contributed by atoms with Gasteiger partial charge in [-0.2, -0.15) is 0 Å². The highest BCUT2D eigenvalue weighted by atomic mass is 35.5. The quantitative estimate of drug-likeness (QED) is 0.521. The molecule has 0 fully saturated rings. The summed E-state index contributed by atoms with van der Waals surface area (Å²) in [6.07, 6.45) is 0.0773. The molecule has 0 radical (unpaired) electrons. The van der Waals surface area contributed by atoms with Gasteiger partial charge >= 0.3 is 0 Å². The van der Waals surface area contributed by atoms with Gasteiger partial charge in [0.15, 0.2) is 11.5 Å². The highest BCUT2D eigenvalue weighted by Crippen LogP contribution is 2.29. The molecule has 2 amide bonds. The highest BCUT2D eigenvalue weighted by Gasteiger charge is 2.10. The average molecular weight is 429 g/mol. The van der Waals surface area contributed by atoms with E-state index in [1.165, 1.54) is 26.0 Å². The average Bonchev–Trinajstić information content (AvgIpc) is 2.66. The van der Waals surface area contributed by atoms with Crippen molar-refractivity contribution in [2.24, 2.45) is 0 Å². The Hall–Kier alpha value is -2.09. The molecule has 2 aromatic carbocycles. The van der Waals surface area contributed by atoms with Gasteiger partial charge in [-0.1, -0.05) is 29.3 Å². The molecule has 0 aliphatic carbocycles. The first-order valence-corrected chi connectivity index (χ1v) is 9.53. The van der Waals surface area contributed by atoms with Crippen molar-refractivity contribution >= 4 is 46.8 Å². The van der Waals surface area contributed by atoms with Gasteiger partial charge in [-0.05, 0) is 35.9 Å². The fraction of sp³-hybridized carbons (Fsp3) is 0.222. The molecule has 27 heavy (non-hydrogen) atoms. The molecule has 0 unspecified atom stereocenters. The molecule has 0 atom stereocenters. The second kappa shape index (κ2) is 10.3. The SMILES string of the molecule is COc1ccc(CC(=O)NNC(=O)CSc2cc(Cl)ccc2Cl)cc1OC. The number of hydrazine groups is 1. The van der Waals surface area contributed by atoms with E-state index in [2.05, 4.69) is 10.9 Å². The lowest BCUT2D eigenvalue weighted by Crippen LogP contribution is -2.43. The number of hydrogen-bond donors (Lipinski definition) is 2. The second-order valence-electron chi connectivity index (χ2n) is 5.33. The lowest BCUT2D eigenvalue weighted by Gasteiger charge is -2.10. The van der Waals surface area contributed by atoms with Crippen LogP contribution in [-0.2, 0) is 16.0 Å². The first-order valence-electron chi connectivity index (χ1n) is 7.79. The van der Waals surface area contributed by atoms with Crippen LogP contribution in [0, 0.1) is 0 Å². The Bertz CT molecular complexity index is 833. The largest absolute Gasteiger partial charge is 0.493 e. The third-order valence-corrected chi connectivity index (χ3v) is 5.14. The van der Waals surface area contributed by atoms with Gasteiger partial charge in [0.25, 0.3) is 0 Å². The van der Waals surface area contributed by atoms with Crippen molar-refractivity contribution in [3.05, 3.63) is 52.0 Å². The van der Waals surface area contributed by atoms with Gasteiger partial charge in [0, 0.05) is 9.92 Å². The summed E-state index contributed by atoms with van der Waals surface area (Å²) in [4.78, 5) is 24.6. The van der Waals surface area contributed by atoms with Crippen molar-refractivity contribution < 1.29 is 19.1 Å². The number of amides is 2. The summed E-state index contributed by atoms with van der Waals surface area (Å²) < 4.78 is 10.4. The van der Waals surface area contributed by atoms with E-state index in [9.17, 15) is 9.59 Å². The van der Waals surface area contributed by atoms with Gasteiger partial charge in [0.05, 0.1) is 31.4 Å². The van der Waals surface area contributed by atoms with Gasteiger partial charge in [-0.25, -0.2) is 0 Å². The molecular weight excluding hydrogens is 411 g/mol. The maximum absolute atomic E-state index is 12.0. The summed E-state index contributed by atoms with van der Waals surface area (Å²) in [6, 6.07) is 10.2. The van der Waals surface area contributed by atoms with Gasteiger partial charge in [0.1, 0.15) is 0 Å². The summed E-state index contributed by atoms with van der Waals surface area (Å²) in [6.45, 7) is 0. The normalized spacial score (nSPS) is 10.2. The first kappa shape index (κ1) is 21.2. The molecule has 0 spiro atoms. The third-order valence-electron chi connectivity index (χ3n) is 3.41. The third kappa shape index (κ3) is 6.53. The lowest BCUT2D eigenvalue weighted by atomic mass is 10.1. The Morgan fingerprint density at radius 2 is 1.67 bits per heavy atom. The van der Waals surface area contributed by atoms with Crippen LogP contribution in [0.3, 0.4) is 0 Å². The van der Waals surface area contributed by atoms with E-state index in [4.69, 9.17) is 32.7 Å². The van der Waals surface area contributed by atoms with E-state index in [-0.39, 0.29) is 24.0 Å². The number of hydrogen-bond acceptors (Lipinski definition) is 5. The van der Waals surface area contributed by atoms with Crippen molar-refractivity contribution in [2.45, 2.75) is 11.3 Å². The summed E-state index contributed by atoms with van der Waals surface area (Å²) in [5, 5.41) is 1.04. The minimum atomic E-state index is -0.364. The molecule has 6 nitrogen and oxygen atoms in total. The summed E-state index contributed by atoms with van der Waals surface area (Å²) in [7, 11) is 3.06. The van der Waals surface area contributed by atoms with Gasteiger partial charge in [-0.3, -0.25) is 20.4 Å². The van der Waals surface area contributed by atoms with Crippen molar-refractivity contribution in [3.8, 4) is 11.5 Å². The predicted octanol–water partition coefficient (Wildman–Crippen LogP) is 3.49. The van der Waals surface area contributed by atoms with Crippen LogP contribution < -0.4 is 20.3 Å². The Kier molecular flexibility index (Phi) is 8.09. The van der Waals surface area contributed by atoms with Crippen LogP contribution in [-0.4, -0.2) is 31.8 Å². The van der Waals surface area contributed by atoms with Crippen LogP contribution in [0.1, 0.15) is 5.56 Å². The summed E-state index contributed by atoms with van der Waals surface area (Å²) in [5.74, 6) is 0.461. The van der Waals surface area contributed by atoms with Crippen LogP contribution >= 0.6 is 35.0 Å². The fourth-order valence-electron chi connectivity index (χ4n) is 2.13. The molecule has 144 valence electrons. The molecule has 0 saturated heterocycles. The van der Waals surface area contributed by atoms with E-state index in [1.54, 1.807) is 36.4 Å². The molecule has 0 bridgehead atoms. The number of nitrogens with one attached hydrogen (secondary N) is 2. The fourth-order valence-corrected chi connectivity index (χ4v) is 3.42. The van der Waals surface area contributed by atoms with Crippen molar-refractivity contribution in [3.63, 3.8) is 0 Å². The monoisotopic (exact) mass is 428 g/mol. The maximum Gasteiger partial charge on any atom is 0.248 e. The van der Waals surface area contributed by atoms with Crippen LogP contribution in [0.15, 0.2) is 41.3 Å². The zero-order chi connectivity index (χ0) is 19.8. The number of rotatable bonds is 7. The number of thioether (sulfide) groups is 1. The summed E-state index contributed by atoms with van der Waals surface area (Å²) >= 11 is 13.2. The molecule has 0 aliphatic rings. The van der Waals surface area contributed by atoms with Gasteiger partial charge in [0.2, 0.25) is 11.8 Å². The topological polar surface area (TPSA) is 76.7 Å². The lowest BCUT2D eigenvalue weighted by molar-refractivity contribution is -0.127. The summed E-state index contributed by atoms with van der Waals surface area (Å²) in [5.41, 5.74) is 5.46. The Balaban J connectivity index is 1.81. The number of ether oxygens (including phenoxy) is 2. The molecule has 2 aromatic rings. The molecule has 9 heteroatoms. The molecule has 2 N–H and O–H groups in total. The zero-order valence-corrected chi connectivity index (χ0v) is 17.0. The Labute approximate surface area is 171 Å². The Morgan fingerprint density at radius 3 is 2.37 bits per heavy atom. The number of carbonyl (C=O) groups is 2. The number of carbonyl (C=O) groups excluding carboxylic acids is 2. The minimum absolute atomic E-state index is 0.0773. The maximum atomic E-state index is 12.0. The molecule has 0 heterocycles. The van der Waals surface area contributed by atoms with Crippen LogP contribution in [0.2, 0.25) is 10.0 Å². The highest BCUT2D eigenvalue weighted by molar-refractivity contribution is 8.00. The Morgan fingerprint density at radius 1 is 0.963 bits per heavy atom. The van der Waals surface area contributed by atoms with Gasteiger partial charge < -0.3 is 9.47 Å². The molecular formula is C18H18Cl2N2O4S. The van der Waals surface area contributed by atoms with Crippen LogP contribution in [0.5, 0.6) is 11.5 Å². The van der Waals surface area contributed by atoms with E-state index >= 15 is 0 Å². The van der Waals surface area contributed by atoms with E-state index in [0.29, 0.717) is 26.4 Å². The van der Waals surface area contributed by atoms with Gasteiger partial charge in [-0.15, -0.1) is 11.8 Å².